The van der Waals surface area contributed by atoms with Gasteiger partial charge in [-0.05, 0) is 31.0 Å². The van der Waals surface area contributed by atoms with Gasteiger partial charge in [0.2, 0.25) is 5.88 Å². The van der Waals surface area contributed by atoms with Crippen molar-refractivity contribution in [1.29, 1.82) is 0 Å². The third kappa shape index (κ3) is 4.03. The number of carbonyl (C=O) groups is 1. The average Bonchev–Trinajstić information content (AvgIpc) is 3.11. The number of pyridine rings is 1. The molecule has 1 aromatic carbocycles. The van der Waals surface area contributed by atoms with E-state index < -0.39 is 0 Å². The van der Waals surface area contributed by atoms with Crippen LogP contribution in [0, 0.1) is 0 Å². The summed E-state index contributed by atoms with van der Waals surface area (Å²) in [6.07, 6.45) is 2.61. The van der Waals surface area contributed by atoms with Gasteiger partial charge in [0, 0.05) is 17.1 Å². The minimum absolute atomic E-state index is 0.279. The van der Waals surface area contributed by atoms with Crippen LogP contribution in [0.3, 0.4) is 0 Å². The second-order valence-corrected chi connectivity index (χ2v) is 6.19. The Morgan fingerprint density at radius 3 is 2.72 bits per heavy atom. The fraction of sp³-hybridized carbons (Fsp3) is 0.211. The quantitative estimate of drug-likeness (QED) is 0.712. The molecule has 1 N–H and O–H groups in total. The third-order valence-corrected chi connectivity index (χ3v) is 4.44. The number of aromatic nitrogens is 2. The minimum atomic E-state index is -0.279. The summed E-state index contributed by atoms with van der Waals surface area (Å²) in [5, 5.41) is 5.30. The summed E-state index contributed by atoms with van der Waals surface area (Å²) >= 11 is 1.39. The SMILES string of the molecule is CCOc1ncccc1C(=O)Nc1nc(-c2ccc(CC)cc2)cs1. The van der Waals surface area contributed by atoms with E-state index in [1.807, 2.05) is 24.4 Å². The van der Waals surface area contributed by atoms with E-state index in [1.165, 1.54) is 16.9 Å². The number of thiazole rings is 1. The first kappa shape index (κ1) is 17.1. The van der Waals surface area contributed by atoms with E-state index in [9.17, 15) is 4.79 Å². The van der Waals surface area contributed by atoms with E-state index in [-0.39, 0.29) is 5.91 Å². The monoisotopic (exact) mass is 353 g/mol. The zero-order valence-electron chi connectivity index (χ0n) is 14.2. The molecule has 0 atom stereocenters. The van der Waals surface area contributed by atoms with Gasteiger partial charge in [0.1, 0.15) is 5.56 Å². The number of hydrogen-bond acceptors (Lipinski definition) is 5. The van der Waals surface area contributed by atoms with Gasteiger partial charge in [-0.1, -0.05) is 31.2 Å². The number of rotatable bonds is 6. The molecule has 0 bridgehead atoms. The van der Waals surface area contributed by atoms with Gasteiger partial charge in [0.05, 0.1) is 12.3 Å². The molecule has 0 spiro atoms. The summed E-state index contributed by atoms with van der Waals surface area (Å²) in [4.78, 5) is 21.1. The highest BCUT2D eigenvalue weighted by Gasteiger charge is 2.15. The zero-order valence-corrected chi connectivity index (χ0v) is 15.0. The van der Waals surface area contributed by atoms with Crippen LogP contribution in [0.1, 0.15) is 29.8 Å². The fourth-order valence-corrected chi connectivity index (χ4v) is 3.07. The van der Waals surface area contributed by atoms with Crippen LogP contribution in [0.2, 0.25) is 0 Å². The molecule has 3 rings (SSSR count). The number of nitrogens with one attached hydrogen (secondary N) is 1. The summed E-state index contributed by atoms with van der Waals surface area (Å²) < 4.78 is 5.40. The number of nitrogens with zero attached hydrogens (tertiary/aromatic N) is 2. The molecule has 2 heterocycles. The van der Waals surface area contributed by atoms with Crippen LogP contribution in [-0.4, -0.2) is 22.5 Å². The maximum absolute atomic E-state index is 12.5. The predicted molar refractivity (Wildman–Crippen MR) is 100 cm³/mol. The van der Waals surface area contributed by atoms with Crippen molar-refractivity contribution in [2.45, 2.75) is 20.3 Å². The number of ether oxygens (including phenoxy) is 1. The maximum Gasteiger partial charge on any atom is 0.262 e. The van der Waals surface area contributed by atoms with E-state index in [2.05, 4.69) is 34.3 Å². The lowest BCUT2D eigenvalue weighted by Crippen LogP contribution is -2.14. The van der Waals surface area contributed by atoms with Crippen LogP contribution >= 0.6 is 11.3 Å². The second kappa shape index (κ2) is 7.90. The van der Waals surface area contributed by atoms with Crippen LogP contribution in [-0.2, 0) is 6.42 Å². The van der Waals surface area contributed by atoms with Crippen LogP contribution in [0.25, 0.3) is 11.3 Å². The molecule has 0 saturated heterocycles. The normalized spacial score (nSPS) is 10.5. The van der Waals surface area contributed by atoms with Gasteiger partial charge in [-0.25, -0.2) is 9.97 Å². The lowest BCUT2D eigenvalue weighted by Gasteiger charge is -2.07. The van der Waals surface area contributed by atoms with Gasteiger partial charge in [0.25, 0.3) is 5.91 Å². The summed E-state index contributed by atoms with van der Waals surface area (Å²) in [5.41, 5.74) is 3.56. The van der Waals surface area contributed by atoms with Crippen molar-refractivity contribution < 1.29 is 9.53 Å². The molecular weight excluding hydrogens is 334 g/mol. The van der Waals surface area contributed by atoms with Crippen molar-refractivity contribution in [3.8, 4) is 17.1 Å². The first-order valence-corrected chi connectivity index (χ1v) is 9.03. The Morgan fingerprint density at radius 2 is 2.00 bits per heavy atom. The van der Waals surface area contributed by atoms with Crippen molar-refractivity contribution in [2.75, 3.05) is 11.9 Å². The molecular formula is C19H19N3O2S. The molecule has 0 aliphatic heterocycles. The highest BCUT2D eigenvalue weighted by molar-refractivity contribution is 7.14. The highest BCUT2D eigenvalue weighted by atomic mass is 32.1. The Bertz CT molecular complexity index is 859. The molecule has 0 fully saturated rings. The van der Waals surface area contributed by atoms with Crippen molar-refractivity contribution in [1.82, 2.24) is 9.97 Å². The first-order valence-electron chi connectivity index (χ1n) is 8.15. The van der Waals surface area contributed by atoms with Gasteiger partial charge in [0.15, 0.2) is 5.13 Å². The van der Waals surface area contributed by atoms with Gasteiger partial charge in [-0.3, -0.25) is 10.1 Å². The minimum Gasteiger partial charge on any atom is -0.477 e. The molecule has 25 heavy (non-hydrogen) atoms. The van der Waals surface area contributed by atoms with Crippen LogP contribution in [0.5, 0.6) is 5.88 Å². The Labute approximate surface area is 150 Å². The molecule has 3 aromatic rings. The van der Waals surface area contributed by atoms with Crippen molar-refractivity contribution >= 4 is 22.4 Å². The summed E-state index contributed by atoms with van der Waals surface area (Å²) in [7, 11) is 0. The second-order valence-electron chi connectivity index (χ2n) is 5.33. The lowest BCUT2D eigenvalue weighted by molar-refractivity contribution is 0.102. The van der Waals surface area contributed by atoms with E-state index in [1.54, 1.807) is 18.3 Å². The number of anilines is 1. The van der Waals surface area contributed by atoms with Crippen molar-refractivity contribution in [3.63, 3.8) is 0 Å². The molecule has 128 valence electrons. The molecule has 5 nitrogen and oxygen atoms in total. The van der Waals surface area contributed by atoms with Gasteiger partial charge in [-0.15, -0.1) is 11.3 Å². The topological polar surface area (TPSA) is 64.1 Å². The van der Waals surface area contributed by atoms with Gasteiger partial charge >= 0.3 is 0 Å². The third-order valence-electron chi connectivity index (χ3n) is 3.68. The Kier molecular flexibility index (Phi) is 5.40. The van der Waals surface area contributed by atoms with Crippen molar-refractivity contribution in [2.24, 2.45) is 0 Å². The molecule has 0 aliphatic rings. The van der Waals surface area contributed by atoms with E-state index in [0.29, 0.717) is 23.2 Å². The fourth-order valence-electron chi connectivity index (χ4n) is 2.35. The number of aryl methyl sites for hydroxylation is 1. The largest absolute Gasteiger partial charge is 0.477 e. The summed E-state index contributed by atoms with van der Waals surface area (Å²) in [6, 6.07) is 11.7. The van der Waals surface area contributed by atoms with Crippen LogP contribution in [0.15, 0.2) is 48.0 Å². The van der Waals surface area contributed by atoms with Gasteiger partial charge < -0.3 is 4.74 Å². The standard InChI is InChI=1S/C19H19N3O2S/c1-3-13-7-9-14(10-8-13)16-12-25-19(21-16)22-17(23)15-6-5-11-20-18(15)24-4-2/h5-12H,3-4H2,1-2H3,(H,21,22,23). The lowest BCUT2D eigenvalue weighted by atomic mass is 10.1. The number of amides is 1. The average molecular weight is 353 g/mol. The van der Waals surface area contributed by atoms with Gasteiger partial charge in [-0.2, -0.15) is 0 Å². The molecule has 6 heteroatoms. The first-order chi connectivity index (χ1) is 12.2. The molecule has 0 aliphatic carbocycles. The smallest absolute Gasteiger partial charge is 0.262 e. The molecule has 0 radical (unpaired) electrons. The summed E-state index contributed by atoms with van der Waals surface area (Å²) in [5.74, 6) is 0.0493. The Balaban J connectivity index is 1.76. The summed E-state index contributed by atoms with van der Waals surface area (Å²) in [6.45, 7) is 4.43. The van der Waals surface area contributed by atoms with E-state index >= 15 is 0 Å². The highest BCUT2D eigenvalue weighted by Crippen LogP contribution is 2.26. The zero-order chi connectivity index (χ0) is 17.6. The number of carbonyl (C=O) groups excluding carboxylic acids is 1. The number of hydrogen-bond donors (Lipinski definition) is 1. The predicted octanol–water partition coefficient (Wildman–Crippen LogP) is 4.42. The molecule has 0 saturated carbocycles. The molecule has 2 aromatic heterocycles. The van der Waals surface area contributed by atoms with Crippen molar-refractivity contribution in [3.05, 3.63) is 59.1 Å². The number of benzene rings is 1. The Hall–Kier alpha value is -2.73. The van der Waals surface area contributed by atoms with Crippen LogP contribution in [0.4, 0.5) is 5.13 Å². The van der Waals surface area contributed by atoms with Crippen LogP contribution < -0.4 is 10.1 Å². The Morgan fingerprint density at radius 1 is 1.20 bits per heavy atom. The van der Waals surface area contributed by atoms with E-state index in [4.69, 9.17) is 4.74 Å². The molecule has 0 unspecified atom stereocenters. The maximum atomic E-state index is 12.5. The van der Waals surface area contributed by atoms with E-state index in [0.717, 1.165) is 17.7 Å². The molecule has 1 amide bonds.